The standard InChI is InChI=1S/C16H34N2O/c1-5-17-16(3,13-19)11-14(2)18(4)12-15-9-7-6-8-10-15/h14-15,17,19H,5-13H2,1-4H3. The smallest absolute Gasteiger partial charge is 0.0611 e. The van der Waals surface area contributed by atoms with E-state index in [9.17, 15) is 5.11 Å². The van der Waals surface area contributed by atoms with Gasteiger partial charge in [-0.1, -0.05) is 26.2 Å². The first-order chi connectivity index (χ1) is 9.00. The summed E-state index contributed by atoms with van der Waals surface area (Å²) in [5.74, 6) is 0.890. The molecule has 0 spiro atoms. The van der Waals surface area contributed by atoms with E-state index < -0.39 is 0 Å². The van der Waals surface area contributed by atoms with Crippen molar-refractivity contribution in [2.75, 3.05) is 26.7 Å². The van der Waals surface area contributed by atoms with Crippen LogP contribution in [-0.2, 0) is 0 Å². The average molecular weight is 270 g/mol. The molecule has 2 atom stereocenters. The van der Waals surface area contributed by atoms with E-state index in [1.54, 1.807) is 0 Å². The van der Waals surface area contributed by atoms with Gasteiger partial charge in [-0.2, -0.15) is 0 Å². The van der Waals surface area contributed by atoms with Gasteiger partial charge in [0.25, 0.3) is 0 Å². The molecule has 2 N–H and O–H groups in total. The molecule has 2 unspecified atom stereocenters. The third kappa shape index (κ3) is 5.80. The lowest BCUT2D eigenvalue weighted by Gasteiger charge is -2.37. The van der Waals surface area contributed by atoms with Crippen molar-refractivity contribution in [2.45, 2.75) is 70.9 Å². The fourth-order valence-electron chi connectivity index (χ4n) is 3.38. The lowest BCUT2D eigenvalue weighted by atomic mass is 9.88. The van der Waals surface area contributed by atoms with Crippen LogP contribution < -0.4 is 5.32 Å². The Kier molecular flexibility index (Phi) is 7.33. The summed E-state index contributed by atoms with van der Waals surface area (Å²) < 4.78 is 0. The molecule has 0 aromatic rings. The second-order valence-electron chi connectivity index (χ2n) is 6.75. The van der Waals surface area contributed by atoms with Crippen LogP contribution in [0.25, 0.3) is 0 Å². The van der Waals surface area contributed by atoms with Crippen LogP contribution >= 0.6 is 0 Å². The molecule has 0 aliphatic heterocycles. The fourth-order valence-corrected chi connectivity index (χ4v) is 3.38. The van der Waals surface area contributed by atoms with Crippen LogP contribution in [0.3, 0.4) is 0 Å². The zero-order chi connectivity index (χ0) is 14.3. The van der Waals surface area contributed by atoms with E-state index in [4.69, 9.17) is 0 Å². The van der Waals surface area contributed by atoms with Crippen molar-refractivity contribution in [1.82, 2.24) is 10.2 Å². The Balaban J connectivity index is 2.39. The Labute approximate surface area is 119 Å². The van der Waals surface area contributed by atoms with Crippen molar-refractivity contribution in [3.63, 3.8) is 0 Å². The maximum absolute atomic E-state index is 9.59. The molecule has 114 valence electrons. The zero-order valence-electron chi connectivity index (χ0n) is 13.4. The van der Waals surface area contributed by atoms with E-state index in [2.05, 4.69) is 38.0 Å². The molecule has 3 heteroatoms. The van der Waals surface area contributed by atoms with Crippen molar-refractivity contribution >= 4 is 0 Å². The lowest BCUT2D eigenvalue weighted by molar-refractivity contribution is 0.115. The van der Waals surface area contributed by atoms with Gasteiger partial charge in [-0.15, -0.1) is 0 Å². The van der Waals surface area contributed by atoms with Crippen molar-refractivity contribution < 1.29 is 5.11 Å². The molecule has 0 aromatic heterocycles. The van der Waals surface area contributed by atoms with Crippen LogP contribution in [0, 0.1) is 5.92 Å². The summed E-state index contributed by atoms with van der Waals surface area (Å²) in [6.07, 6.45) is 8.07. The van der Waals surface area contributed by atoms with E-state index in [0.717, 1.165) is 18.9 Å². The number of likely N-dealkylation sites (N-methyl/N-ethyl adjacent to an activating group) is 1. The highest BCUT2D eigenvalue weighted by Crippen LogP contribution is 2.25. The summed E-state index contributed by atoms with van der Waals surface area (Å²) in [5.41, 5.74) is -0.144. The van der Waals surface area contributed by atoms with E-state index in [-0.39, 0.29) is 12.1 Å². The quantitative estimate of drug-likeness (QED) is 0.712. The maximum atomic E-state index is 9.59. The molecule has 1 aliphatic rings. The van der Waals surface area contributed by atoms with Crippen LogP contribution in [0.2, 0.25) is 0 Å². The first-order valence-electron chi connectivity index (χ1n) is 8.07. The molecule has 0 radical (unpaired) electrons. The molecular formula is C16H34N2O. The van der Waals surface area contributed by atoms with Gasteiger partial charge in [-0.05, 0) is 52.6 Å². The average Bonchev–Trinajstić information content (AvgIpc) is 2.40. The normalized spacial score (nSPS) is 22.4. The van der Waals surface area contributed by atoms with Crippen LogP contribution in [0.4, 0.5) is 0 Å². The van der Waals surface area contributed by atoms with Gasteiger partial charge in [0.1, 0.15) is 0 Å². The minimum Gasteiger partial charge on any atom is -0.394 e. The van der Waals surface area contributed by atoms with Gasteiger partial charge in [0.2, 0.25) is 0 Å². The number of aliphatic hydroxyl groups is 1. The number of aliphatic hydroxyl groups excluding tert-OH is 1. The van der Waals surface area contributed by atoms with Gasteiger partial charge in [0.05, 0.1) is 6.61 Å². The Morgan fingerprint density at radius 2 is 1.95 bits per heavy atom. The highest BCUT2D eigenvalue weighted by Gasteiger charge is 2.27. The molecule has 1 aliphatic carbocycles. The number of nitrogens with one attached hydrogen (secondary N) is 1. The van der Waals surface area contributed by atoms with Crippen molar-refractivity contribution in [1.29, 1.82) is 0 Å². The predicted molar refractivity (Wildman–Crippen MR) is 82.5 cm³/mol. The molecule has 0 saturated heterocycles. The number of nitrogens with zero attached hydrogens (tertiary/aromatic N) is 1. The molecule has 19 heavy (non-hydrogen) atoms. The summed E-state index contributed by atoms with van der Waals surface area (Å²) in [6, 6.07) is 0.512. The first-order valence-corrected chi connectivity index (χ1v) is 8.07. The predicted octanol–water partition coefficient (Wildman–Crippen LogP) is 2.64. The minimum absolute atomic E-state index is 0.144. The Morgan fingerprint density at radius 1 is 1.32 bits per heavy atom. The zero-order valence-corrected chi connectivity index (χ0v) is 13.4. The van der Waals surface area contributed by atoms with Crippen molar-refractivity contribution in [3.8, 4) is 0 Å². The number of hydrogen-bond acceptors (Lipinski definition) is 3. The van der Waals surface area contributed by atoms with Crippen molar-refractivity contribution in [3.05, 3.63) is 0 Å². The Bertz CT molecular complexity index is 241. The molecule has 1 saturated carbocycles. The van der Waals surface area contributed by atoms with E-state index in [1.165, 1.54) is 38.6 Å². The topological polar surface area (TPSA) is 35.5 Å². The van der Waals surface area contributed by atoms with E-state index in [0.29, 0.717) is 6.04 Å². The molecular weight excluding hydrogens is 236 g/mol. The second-order valence-corrected chi connectivity index (χ2v) is 6.75. The molecule has 0 aromatic carbocycles. The summed E-state index contributed by atoms with van der Waals surface area (Å²) >= 11 is 0. The van der Waals surface area contributed by atoms with Gasteiger partial charge in [0, 0.05) is 18.1 Å². The van der Waals surface area contributed by atoms with Gasteiger partial charge in [0.15, 0.2) is 0 Å². The summed E-state index contributed by atoms with van der Waals surface area (Å²) in [5, 5.41) is 13.0. The highest BCUT2D eigenvalue weighted by molar-refractivity contribution is 4.86. The lowest BCUT2D eigenvalue weighted by Crippen LogP contribution is -2.50. The first kappa shape index (κ1) is 16.9. The van der Waals surface area contributed by atoms with Crippen LogP contribution in [0.15, 0.2) is 0 Å². The van der Waals surface area contributed by atoms with E-state index in [1.807, 2.05) is 0 Å². The molecule has 0 heterocycles. The van der Waals surface area contributed by atoms with Crippen LogP contribution in [-0.4, -0.2) is 48.3 Å². The van der Waals surface area contributed by atoms with Gasteiger partial charge in [-0.25, -0.2) is 0 Å². The molecule has 1 fully saturated rings. The molecule has 0 amide bonds. The van der Waals surface area contributed by atoms with Gasteiger partial charge >= 0.3 is 0 Å². The molecule has 1 rings (SSSR count). The third-order valence-corrected chi connectivity index (χ3v) is 4.72. The Morgan fingerprint density at radius 3 is 2.47 bits per heavy atom. The Hall–Kier alpha value is -0.120. The van der Waals surface area contributed by atoms with Crippen LogP contribution in [0.5, 0.6) is 0 Å². The van der Waals surface area contributed by atoms with Crippen molar-refractivity contribution in [2.24, 2.45) is 5.92 Å². The summed E-state index contributed by atoms with van der Waals surface area (Å²) in [6.45, 7) is 8.85. The SMILES string of the molecule is CCNC(C)(CO)CC(C)N(C)CC1CCCCC1. The van der Waals surface area contributed by atoms with Gasteiger partial charge < -0.3 is 15.3 Å². The van der Waals surface area contributed by atoms with E-state index >= 15 is 0 Å². The largest absolute Gasteiger partial charge is 0.394 e. The molecule has 0 bridgehead atoms. The molecule has 3 nitrogen and oxygen atoms in total. The number of rotatable bonds is 8. The number of hydrogen-bond donors (Lipinski definition) is 2. The van der Waals surface area contributed by atoms with Gasteiger partial charge in [-0.3, -0.25) is 0 Å². The monoisotopic (exact) mass is 270 g/mol. The summed E-state index contributed by atoms with van der Waals surface area (Å²) in [7, 11) is 2.24. The maximum Gasteiger partial charge on any atom is 0.0611 e. The fraction of sp³-hybridized carbons (Fsp3) is 1.00. The minimum atomic E-state index is -0.144. The highest BCUT2D eigenvalue weighted by atomic mass is 16.3. The summed E-state index contributed by atoms with van der Waals surface area (Å²) in [4.78, 5) is 2.49. The third-order valence-electron chi connectivity index (χ3n) is 4.72. The van der Waals surface area contributed by atoms with Crippen LogP contribution in [0.1, 0.15) is 59.3 Å². The second kappa shape index (κ2) is 8.23.